The summed E-state index contributed by atoms with van der Waals surface area (Å²) >= 11 is 0. The summed E-state index contributed by atoms with van der Waals surface area (Å²) in [5.41, 5.74) is 11.7. The molecular weight excluding hydrogens is 252 g/mol. The Hall–Kier alpha value is -1.97. The maximum atomic E-state index is 9.73. The number of hydrogen-bond donors (Lipinski definition) is 4. The highest BCUT2D eigenvalue weighted by Gasteiger charge is 2.35. The molecular formula is C10H14N6O3. The summed E-state index contributed by atoms with van der Waals surface area (Å²) < 4.78 is 7.00. The van der Waals surface area contributed by atoms with Gasteiger partial charge in [0.1, 0.15) is 11.9 Å². The van der Waals surface area contributed by atoms with Gasteiger partial charge in [0.05, 0.1) is 24.3 Å². The summed E-state index contributed by atoms with van der Waals surface area (Å²) in [6.45, 7) is -0.254. The fraction of sp³-hybridized carbons (Fsp3) is 0.500. The van der Waals surface area contributed by atoms with Crippen molar-refractivity contribution in [1.29, 1.82) is 0 Å². The zero-order valence-electron chi connectivity index (χ0n) is 9.97. The van der Waals surface area contributed by atoms with Crippen LogP contribution in [0.2, 0.25) is 0 Å². The third kappa shape index (κ3) is 1.87. The SMILES string of the molecule is Nc1nc(N)c2cnn([C@H]3CC(O)[C@@H](CO)O3)c2n1. The summed E-state index contributed by atoms with van der Waals surface area (Å²) in [5.74, 6) is 0.287. The van der Waals surface area contributed by atoms with Gasteiger partial charge in [-0.3, -0.25) is 0 Å². The van der Waals surface area contributed by atoms with Gasteiger partial charge in [-0.15, -0.1) is 0 Å². The average Bonchev–Trinajstić information content (AvgIpc) is 2.92. The molecule has 0 aromatic carbocycles. The lowest BCUT2D eigenvalue weighted by molar-refractivity contribution is -0.0470. The van der Waals surface area contributed by atoms with Crippen LogP contribution in [0, 0.1) is 0 Å². The quantitative estimate of drug-likeness (QED) is 0.521. The number of aromatic nitrogens is 4. The Morgan fingerprint density at radius 2 is 2.21 bits per heavy atom. The second-order valence-electron chi connectivity index (χ2n) is 4.41. The van der Waals surface area contributed by atoms with Crippen LogP contribution in [0.25, 0.3) is 11.0 Å². The first-order valence-corrected chi connectivity index (χ1v) is 5.80. The second kappa shape index (κ2) is 4.30. The molecule has 2 aromatic heterocycles. The average molecular weight is 266 g/mol. The third-order valence-electron chi connectivity index (χ3n) is 3.16. The van der Waals surface area contributed by atoms with Gasteiger partial charge in [-0.2, -0.15) is 15.1 Å². The zero-order valence-corrected chi connectivity index (χ0v) is 9.97. The van der Waals surface area contributed by atoms with Gasteiger partial charge in [0.2, 0.25) is 5.95 Å². The number of aliphatic hydroxyl groups excluding tert-OH is 2. The van der Waals surface area contributed by atoms with E-state index in [4.69, 9.17) is 21.3 Å². The van der Waals surface area contributed by atoms with E-state index in [0.717, 1.165) is 0 Å². The Morgan fingerprint density at radius 1 is 1.42 bits per heavy atom. The van der Waals surface area contributed by atoms with Gasteiger partial charge in [-0.1, -0.05) is 0 Å². The van der Waals surface area contributed by atoms with Crippen molar-refractivity contribution in [3.63, 3.8) is 0 Å². The van der Waals surface area contributed by atoms with Crippen LogP contribution in [-0.4, -0.2) is 48.8 Å². The van der Waals surface area contributed by atoms with E-state index in [1.807, 2.05) is 0 Å². The first-order valence-electron chi connectivity index (χ1n) is 5.80. The van der Waals surface area contributed by atoms with Crippen molar-refractivity contribution in [2.75, 3.05) is 18.1 Å². The topological polar surface area (TPSA) is 145 Å². The Bertz CT molecular complexity index is 615. The summed E-state index contributed by atoms with van der Waals surface area (Å²) in [7, 11) is 0. The van der Waals surface area contributed by atoms with Crippen molar-refractivity contribution in [1.82, 2.24) is 19.7 Å². The summed E-state index contributed by atoms with van der Waals surface area (Å²) in [4.78, 5) is 7.93. The molecule has 9 heteroatoms. The molecule has 0 saturated carbocycles. The lowest BCUT2D eigenvalue weighted by atomic mass is 10.2. The number of ether oxygens (including phenoxy) is 1. The number of hydrogen-bond acceptors (Lipinski definition) is 8. The molecule has 1 aliphatic heterocycles. The smallest absolute Gasteiger partial charge is 0.224 e. The van der Waals surface area contributed by atoms with Gasteiger partial charge < -0.3 is 26.4 Å². The Kier molecular flexibility index (Phi) is 2.73. The van der Waals surface area contributed by atoms with Gasteiger partial charge in [-0.05, 0) is 0 Å². The van der Waals surface area contributed by atoms with E-state index < -0.39 is 18.4 Å². The minimum Gasteiger partial charge on any atom is -0.394 e. The van der Waals surface area contributed by atoms with Crippen molar-refractivity contribution < 1.29 is 14.9 Å². The number of nitrogen functional groups attached to an aromatic ring is 2. The molecule has 0 radical (unpaired) electrons. The number of fused-ring (bicyclic) bond motifs is 1. The molecule has 102 valence electrons. The van der Waals surface area contributed by atoms with E-state index in [1.165, 1.54) is 10.9 Å². The molecule has 3 atom stereocenters. The van der Waals surface area contributed by atoms with Gasteiger partial charge in [0.25, 0.3) is 0 Å². The summed E-state index contributed by atoms with van der Waals surface area (Å²) in [5, 5.41) is 23.5. The van der Waals surface area contributed by atoms with Crippen LogP contribution in [0.5, 0.6) is 0 Å². The van der Waals surface area contributed by atoms with Crippen LogP contribution >= 0.6 is 0 Å². The van der Waals surface area contributed by atoms with Gasteiger partial charge in [0.15, 0.2) is 11.9 Å². The van der Waals surface area contributed by atoms with E-state index in [9.17, 15) is 5.11 Å². The van der Waals surface area contributed by atoms with Gasteiger partial charge in [-0.25, -0.2) is 4.68 Å². The lowest BCUT2D eigenvalue weighted by Gasteiger charge is -2.12. The van der Waals surface area contributed by atoms with Crippen molar-refractivity contribution in [3.8, 4) is 0 Å². The molecule has 1 fully saturated rings. The van der Waals surface area contributed by atoms with Crippen molar-refractivity contribution in [3.05, 3.63) is 6.20 Å². The Balaban J connectivity index is 2.02. The standard InChI is InChI=1S/C10H14N6O3/c11-8-4-2-13-16(9(4)15-10(12)14-8)7-1-5(18)6(3-17)19-7/h2,5-7,17-18H,1,3H2,(H4,11,12,14,15)/t5?,6-,7-/m1/s1. The first kappa shape index (κ1) is 12.1. The molecule has 3 rings (SSSR count). The van der Waals surface area contributed by atoms with Crippen molar-refractivity contribution in [2.45, 2.75) is 24.9 Å². The molecule has 1 saturated heterocycles. The molecule has 1 aliphatic rings. The number of rotatable bonds is 2. The Morgan fingerprint density at radius 3 is 2.89 bits per heavy atom. The maximum absolute atomic E-state index is 9.73. The second-order valence-corrected chi connectivity index (χ2v) is 4.41. The van der Waals surface area contributed by atoms with Crippen LogP contribution in [0.3, 0.4) is 0 Å². The zero-order chi connectivity index (χ0) is 13.6. The molecule has 0 bridgehead atoms. The highest BCUT2D eigenvalue weighted by atomic mass is 16.5. The third-order valence-corrected chi connectivity index (χ3v) is 3.16. The monoisotopic (exact) mass is 266 g/mol. The van der Waals surface area contributed by atoms with E-state index in [-0.39, 0.29) is 18.4 Å². The molecule has 9 nitrogen and oxygen atoms in total. The van der Waals surface area contributed by atoms with Crippen molar-refractivity contribution >= 4 is 22.8 Å². The normalized spacial score (nSPS) is 27.2. The highest BCUT2D eigenvalue weighted by molar-refractivity contribution is 5.86. The molecule has 0 aliphatic carbocycles. The predicted octanol–water partition coefficient (Wildman–Crippen LogP) is -1.37. The van der Waals surface area contributed by atoms with Crippen LogP contribution in [0.4, 0.5) is 11.8 Å². The number of nitrogens with two attached hydrogens (primary N) is 2. The van der Waals surface area contributed by atoms with E-state index in [2.05, 4.69) is 15.1 Å². The predicted molar refractivity (Wildman–Crippen MR) is 65.8 cm³/mol. The first-order chi connectivity index (χ1) is 9.10. The fourth-order valence-electron chi connectivity index (χ4n) is 2.20. The largest absolute Gasteiger partial charge is 0.394 e. The molecule has 0 amide bonds. The number of aliphatic hydroxyl groups is 2. The van der Waals surface area contributed by atoms with Crippen LogP contribution in [0.15, 0.2) is 6.20 Å². The summed E-state index contributed by atoms with van der Waals surface area (Å²) in [6, 6.07) is 0. The molecule has 6 N–H and O–H groups in total. The van der Waals surface area contributed by atoms with Crippen LogP contribution < -0.4 is 11.5 Å². The molecule has 3 heterocycles. The minimum atomic E-state index is -0.745. The summed E-state index contributed by atoms with van der Waals surface area (Å²) in [6.07, 6.45) is -0.0531. The molecule has 0 spiro atoms. The minimum absolute atomic E-state index is 0.0454. The van der Waals surface area contributed by atoms with Crippen molar-refractivity contribution in [2.24, 2.45) is 0 Å². The lowest BCUT2D eigenvalue weighted by Crippen LogP contribution is -2.24. The van der Waals surface area contributed by atoms with Crippen LogP contribution in [0.1, 0.15) is 12.6 Å². The van der Waals surface area contributed by atoms with E-state index in [0.29, 0.717) is 17.5 Å². The van der Waals surface area contributed by atoms with E-state index >= 15 is 0 Å². The van der Waals surface area contributed by atoms with Gasteiger partial charge in [0, 0.05) is 6.42 Å². The number of nitrogens with zero attached hydrogens (tertiary/aromatic N) is 4. The molecule has 1 unspecified atom stereocenters. The fourth-order valence-corrected chi connectivity index (χ4v) is 2.20. The van der Waals surface area contributed by atoms with Crippen LogP contribution in [-0.2, 0) is 4.74 Å². The van der Waals surface area contributed by atoms with Gasteiger partial charge >= 0.3 is 0 Å². The number of anilines is 2. The van der Waals surface area contributed by atoms with E-state index in [1.54, 1.807) is 0 Å². The molecule has 19 heavy (non-hydrogen) atoms. The maximum Gasteiger partial charge on any atom is 0.224 e. The Labute approximate surface area is 107 Å². The highest BCUT2D eigenvalue weighted by Crippen LogP contribution is 2.31. The molecule has 2 aromatic rings.